The highest BCUT2D eigenvalue weighted by molar-refractivity contribution is 5.86. The van der Waals surface area contributed by atoms with Crippen molar-refractivity contribution in [2.24, 2.45) is 0 Å². The van der Waals surface area contributed by atoms with Gasteiger partial charge in [0, 0.05) is 19.5 Å². The molecule has 1 atom stereocenters. The predicted molar refractivity (Wildman–Crippen MR) is 109 cm³/mol. The lowest BCUT2D eigenvalue weighted by atomic mass is 10.0. The summed E-state index contributed by atoms with van der Waals surface area (Å²) in [6, 6.07) is 18.7. The van der Waals surface area contributed by atoms with Crippen molar-refractivity contribution in [1.82, 2.24) is 10.2 Å². The number of likely N-dealkylation sites (tertiary alicyclic amines) is 1. The van der Waals surface area contributed by atoms with Gasteiger partial charge >= 0.3 is 6.09 Å². The number of benzene rings is 2. The minimum atomic E-state index is -0.622. The molecule has 1 unspecified atom stereocenters. The van der Waals surface area contributed by atoms with Gasteiger partial charge < -0.3 is 15.0 Å². The molecule has 0 aromatic heterocycles. The van der Waals surface area contributed by atoms with E-state index >= 15 is 0 Å². The van der Waals surface area contributed by atoms with E-state index in [0.29, 0.717) is 6.42 Å². The summed E-state index contributed by atoms with van der Waals surface area (Å²) in [5.41, 5.74) is 1.93. The standard InChI is InChI=1S/C23H28N2O3/c26-22(25-15-9-1-2-10-16-25)21(17-19-11-5-3-6-12-19)24-23(27)28-18-20-13-7-4-8-14-20/h3-8,11-14,21H,1-2,9-10,15-18H2,(H,24,27). The van der Waals surface area contributed by atoms with Crippen LogP contribution in [0, 0.1) is 0 Å². The van der Waals surface area contributed by atoms with Crippen LogP contribution in [0.1, 0.15) is 36.8 Å². The number of carbonyl (C=O) groups is 2. The molecule has 3 rings (SSSR count). The fourth-order valence-electron chi connectivity index (χ4n) is 3.47. The number of rotatable bonds is 6. The smallest absolute Gasteiger partial charge is 0.408 e. The zero-order chi connectivity index (χ0) is 19.6. The Labute approximate surface area is 166 Å². The van der Waals surface area contributed by atoms with E-state index in [0.717, 1.165) is 49.9 Å². The van der Waals surface area contributed by atoms with Crippen LogP contribution in [-0.2, 0) is 22.6 Å². The van der Waals surface area contributed by atoms with E-state index in [9.17, 15) is 9.59 Å². The van der Waals surface area contributed by atoms with E-state index < -0.39 is 12.1 Å². The Morgan fingerprint density at radius 1 is 0.857 bits per heavy atom. The number of nitrogens with zero attached hydrogens (tertiary/aromatic N) is 1. The van der Waals surface area contributed by atoms with Crippen LogP contribution < -0.4 is 5.32 Å². The number of nitrogens with one attached hydrogen (secondary N) is 1. The van der Waals surface area contributed by atoms with Crippen molar-refractivity contribution < 1.29 is 14.3 Å². The number of hydrogen-bond acceptors (Lipinski definition) is 3. The molecular weight excluding hydrogens is 352 g/mol. The second-order valence-corrected chi connectivity index (χ2v) is 7.19. The third-order valence-electron chi connectivity index (χ3n) is 5.00. The monoisotopic (exact) mass is 380 g/mol. The Morgan fingerprint density at radius 3 is 2.04 bits per heavy atom. The van der Waals surface area contributed by atoms with Crippen LogP contribution in [0.25, 0.3) is 0 Å². The molecule has 28 heavy (non-hydrogen) atoms. The maximum absolute atomic E-state index is 13.1. The van der Waals surface area contributed by atoms with E-state index in [-0.39, 0.29) is 12.5 Å². The molecule has 2 aromatic carbocycles. The highest BCUT2D eigenvalue weighted by Gasteiger charge is 2.27. The van der Waals surface area contributed by atoms with E-state index in [2.05, 4.69) is 5.32 Å². The Kier molecular flexibility index (Phi) is 7.47. The van der Waals surface area contributed by atoms with Crippen LogP contribution in [0.3, 0.4) is 0 Å². The van der Waals surface area contributed by atoms with Crippen LogP contribution in [0.5, 0.6) is 0 Å². The molecule has 0 aliphatic carbocycles. The van der Waals surface area contributed by atoms with E-state index in [1.807, 2.05) is 65.6 Å². The molecule has 5 heteroatoms. The molecule has 1 N–H and O–H groups in total. The van der Waals surface area contributed by atoms with Crippen molar-refractivity contribution in [2.45, 2.75) is 44.8 Å². The number of hydrogen-bond donors (Lipinski definition) is 1. The first kappa shape index (κ1) is 19.9. The number of ether oxygens (including phenoxy) is 1. The number of alkyl carbamates (subject to hydrolysis) is 1. The highest BCUT2D eigenvalue weighted by atomic mass is 16.5. The van der Waals surface area contributed by atoms with Crippen LogP contribution in [-0.4, -0.2) is 36.0 Å². The molecule has 1 saturated heterocycles. The van der Waals surface area contributed by atoms with Crippen molar-refractivity contribution in [3.05, 3.63) is 71.8 Å². The molecule has 0 bridgehead atoms. The molecule has 2 aromatic rings. The Hall–Kier alpha value is -2.82. The minimum absolute atomic E-state index is 0.0255. The van der Waals surface area contributed by atoms with Gasteiger partial charge in [0.15, 0.2) is 0 Å². The van der Waals surface area contributed by atoms with Crippen LogP contribution in [0.15, 0.2) is 60.7 Å². The number of amides is 2. The zero-order valence-electron chi connectivity index (χ0n) is 16.2. The van der Waals surface area contributed by atoms with Crippen molar-refractivity contribution in [1.29, 1.82) is 0 Å². The quantitative estimate of drug-likeness (QED) is 0.826. The first-order chi connectivity index (χ1) is 13.7. The molecule has 1 heterocycles. The van der Waals surface area contributed by atoms with Gasteiger partial charge in [0.05, 0.1) is 0 Å². The maximum Gasteiger partial charge on any atom is 0.408 e. The largest absolute Gasteiger partial charge is 0.445 e. The third-order valence-corrected chi connectivity index (χ3v) is 5.00. The fraction of sp³-hybridized carbons (Fsp3) is 0.391. The molecule has 148 valence electrons. The van der Waals surface area contributed by atoms with E-state index in [4.69, 9.17) is 4.74 Å². The topological polar surface area (TPSA) is 58.6 Å². The Balaban J connectivity index is 1.64. The summed E-state index contributed by atoms with van der Waals surface area (Å²) >= 11 is 0. The predicted octanol–water partition coefficient (Wildman–Crippen LogP) is 3.93. The van der Waals surface area contributed by atoms with Crippen LogP contribution >= 0.6 is 0 Å². The average Bonchev–Trinajstić information content (AvgIpc) is 3.02. The van der Waals surface area contributed by atoms with Gasteiger partial charge in [-0.1, -0.05) is 73.5 Å². The lowest BCUT2D eigenvalue weighted by Crippen LogP contribution is -2.50. The van der Waals surface area contributed by atoms with Crippen molar-refractivity contribution >= 4 is 12.0 Å². The molecule has 1 aliphatic heterocycles. The van der Waals surface area contributed by atoms with Gasteiger partial charge in [-0.05, 0) is 24.0 Å². The Morgan fingerprint density at radius 2 is 1.43 bits per heavy atom. The molecule has 2 amide bonds. The first-order valence-corrected chi connectivity index (χ1v) is 10.0. The fourth-order valence-corrected chi connectivity index (χ4v) is 3.47. The first-order valence-electron chi connectivity index (χ1n) is 10.0. The molecular formula is C23H28N2O3. The van der Waals surface area contributed by atoms with E-state index in [1.165, 1.54) is 0 Å². The molecule has 1 fully saturated rings. The summed E-state index contributed by atoms with van der Waals surface area (Å²) in [4.78, 5) is 27.4. The normalized spacial score (nSPS) is 15.4. The molecule has 0 radical (unpaired) electrons. The molecule has 5 nitrogen and oxygen atoms in total. The van der Waals surface area contributed by atoms with Gasteiger partial charge in [0.2, 0.25) is 5.91 Å². The van der Waals surface area contributed by atoms with Gasteiger partial charge in [-0.2, -0.15) is 0 Å². The van der Waals surface area contributed by atoms with Gasteiger partial charge in [-0.15, -0.1) is 0 Å². The van der Waals surface area contributed by atoms with Crippen molar-refractivity contribution in [3.8, 4) is 0 Å². The zero-order valence-corrected chi connectivity index (χ0v) is 16.2. The van der Waals surface area contributed by atoms with Gasteiger partial charge in [0.1, 0.15) is 12.6 Å². The molecule has 1 aliphatic rings. The van der Waals surface area contributed by atoms with Crippen molar-refractivity contribution in [2.75, 3.05) is 13.1 Å². The van der Waals surface area contributed by atoms with Gasteiger partial charge in [0.25, 0.3) is 0 Å². The summed E-state index contributed by atoms with van der Waals surface area (Å²) in [5, 5.41) is 2.80. The van der Waals surface area contributed by atoms with Crippen molar-refractivity contribution in [3.63, 3.8) is 0 Å². The average molecular weight is 380 g/mol. The summed E-state index contributed by atoms with van der Waals surface area (Å²) in [5.74, 6) is -0.0255. The minimum Gasteiger partial charge on any atom is -0.445 e. The third kappa shape index (κ3) is 6.12. The highest BCUT2D eigenvalue weighted by Crippen LogP contribution is 2.13. The van der Waals surface area contributed by atoms with Gasteiger partial charge in [-0.3, -0.25) is 4.79 Å². The summed E-state index contributed by atoms with van der Waals surface area (Å²) in [6.07, 6.45) is 4.23. The van der Waals surface area contributed by atoms with Gasteiger partial charge in [-0.25, -0.2) is 4.79 Å². The summed E-state index contributed by atoms with van der Waals surface area (Å²) in [6.45, 7) is 1.69. The van der Waals surface area contributed by atoms with Crippen LogP contribution in [0.2, 0.25) is 0 Å². The second-order valence-electron chi connectivity index (χ2n) is 7.19. The number of carbonyl (C=O) groups excluding carboxylic acids is 2. The second kappa shape index (κ2) is 10.5. The van der Waals surface area contributed by atoms with E-state index in [1.54, 1.807) is 0 Å². The summed E-state index contributed by atoms with van der Waals surface area (Å²) < 4.78 is 5.34. The lowest BCUT2D eigenvalue weighted by Gasteiger charge is -2.26. The lowest BCUT2D eigenvalue weighted by molar-refractivity contribution is -0.133. The SMILES string of the molecule is O=C(NC(Cc1ccccc1)C(=O)N1CCCCCC1)OCc1ccccc1. The maximum atomic E-state index is 13.1. The van der Waals surface area contributed by atoms with Crippen LogP contribution in [0.4, 0.5) is 4.79 Å². The summed E-state index contributed by atoms with van der Waals surface area (Å²) in [7, 11) is 0. The molecule has 0 spiro atoms. The Bertz CT molecular complexity index is 741. The molecule has 0 saturated carbocycles.